The van der Waals surface area contributed by atoms with Gasteiger partial charge in [0.2, 0.25) is 0 Å². The number of rotatable bonds is 1. The van der Waals surface area contributed by atoms with Gasteiger partial charge in [-0.3, -0.25) is 9.69 Å². The maximum atomic E-state index is 12.2. The van der Waals surface area contributed by atoms with Crippen molar-refractivity contribution in [2.45, 2.75) is 83.1 Å². The molecular weight excluding hydrogens is 234 g/mol. The second-order valence-corrected chi connectivity index (χ2v) is 7.18. The van der Waals surface area contributed by atoms with E-state index in [-0.39, 0.29) is 6.04 Å². The first-order valence-corrected chi connectivity index (χ1v) is 8.56. The van der Waals surface area contributed by atoms with E-state index in [9.17, 15) is 4.79 Å². The number of likely N-dealkylation sites (tertiary alicyclic amines) is 1. The van der Waals surface area contributed by atoms with Crippen LogP contribution in [0, 0.1) is 5.41 Å². The Morgan fingerprint density at radius 2 is 1.53 bits per heavy atom. The van der Waals surface area contributed by atoms with Crippen molar-refractivity contribution < 1.29 is 4.79 Å². The van der Waals surface area contributed by atoms with Gasteiger partial charge in [-0.05, 0) is 57.0 Å². The molecule has 2 saturated carbocycles. The number of carbonyl (C=O) groups excluding carboxylic acids is 1. The number of nitrogens with zero attached hydrogens (tertiary/aromatic N) is 1. The highest BCUT2D eigenvalue weighted by molar-refractivity contribution is 5.84. The zero-order chi connectivity index (χ0) is 13.1. The molecule has 1 heterocycles. The molecule has 1 saturated heterocycles. The maximum Gasteiger partial charge on any atom is 0.149 e. The van der Waals surface area contributed by atoms with Crippen LogP contribution in [0.4, 0.5) is 0 Å². The average Bonchev–Trinajstić information content (AvgIpc) is 2.66. The van der Waals surface area contributed by atoms with Crippen molar-refractivity contribution in [3.05, 3.63) is 0 Å². The van der Waals surface area contributed by atoms with Crippen LogP contribution in [0.5, 0.6) is 0 Å². The van der Waals surface area contributed by atoms with Gasteiger partial charge in [0.25, 0.3) is 0 Å². The first-order chi connectivity index (χ1) is 9.29. The van der Waals surface area contributed by atoms with E-state index in [1.54, 1.807) is 0 Å². The first-order valence-electron chi connectivity index (χ1n) is 8.56. The van der Waals surface area contributed by atoms with Gasteiger partial charge in [0.05, 0.1) is 6.04 Å². The molecule has 0 aromatic rings. The van der Waals surface area contributed by atoms with Gasteiger partial charge >= 0.3 is 0 Å². The van der Waals surface area contributed by atoms with Crippen LogP contribution in [0.2, 0.25) is 0 Å². The molecule has 2 aliphatic carbocycles. The Balaban J connectivity index is 1.58. The maximum absolute atomic E-state index is 12.2. The van der Waals surface area contributed by atoms with E-state index in [2.05, 4.69) is 4.90 Å². The highest BCUT2D eigenvalue weighted by atomic mass is 16.1. The molecule has 2 heteroatoms. The summed E-state index contributed by atoms with van der Waals surface area (Å²) in [7, 11) is 0. The summed E-state index contributed by atoms with van der Waals surface area (Å²) < 4.78 is 0. The zero-order valence-electron chi connectivity index (χ0n) is 12.3. The minimum Gasteiger partial charge on any atom is -0.298 e. The van der Waals surface area contributed by atoms with Crippen molar-refractivity contribution >= 4 is 5.78 Å². The van der Waals surface area contributed by atoms with Crippen LogP contribution >= 0.6 is 0 Å². The normalized spacial score (nSPS) is 33.3. The van der Waals surface area contributed by atoms with E-state index < -0.39 is 0 Å². The molecule has 1 aliphatic heterocycles. The third-order valence-electron chi connectivity index (χ3n) is 5.99. The lowest BCUT2D eigenvalue weighted by atomic mass is 9.68. The minimum absolute atomic E-state index is 0.281. The third-order valence-corrected chi connectivity index (χ3v) is 5.99. The van der Waals surface area contributed by atoms with Gasteiger partial charge in [0, 0.05) is 6.42 Å². The van der Waals surface area contributed by atoms with Crippen molar-refractivity contribution in [1.82, 2.24) is 4.90 Å². The van der Waals surface area contributed by atoms with Gasteiger partial charge in [-0.15, -0.1) is 0 Å². The SMILES string of the molecule is O=C1CCCCCC1N1CCC2(CCCCC2)CC1. The summed E-state index contributed by atoms with van der Waals surface area (Å²) >= 11 is 0. The van der Waals surface area contributed by atoms with Crippen LogP contribution in [0.3, 0.4) is 0 Å². The Kier molecular flexibility index (Phi) is 4.26. The standard InChI is InChI=1S/C17H29NO/c19-16-8-4-1-3-7-15(16)18-13-11-17(12-14-18)9-5-2-6-10-17/h15H,1-14H2. The summed E-state index contributed by atoms with van der Waals surface area (Å²) in [5, 5.41) is 0. The summed E-state index contributed by atoms with van der Waals surface area (Å²) in [6, 6.07) is 0.281. The van der Waals surface area contributed by atoms with Crippen molar-refractivity contribution in [3.63, 3.8) is 0 Å². The number of ketones is 1. The number of carbonyl (C=O) groups is 1. The van der Waals surface area contributed by atoms with Gasteiger partial charge in [-0.1, -0.05) is 32.1 Å². The molecule has 1 spiro atoms. The fraction of sp³-hybridized carbons (Fsp3) is 0.941. The molecule has 0 radical (unpaired) electrons. The average molecular weight is 263 g/mol. The van der Waals surface area contributed by atoms with Crippen LogP contribution in [-0.4, -0.2) is 29.8 Å². The van der Waals surface area contributed by atoms with E-state index >= 15 is 0 Å². The molecule has 0 bridgehead atoms. The molecule has 0 amide bonds. The van der Waals surface area contributed by atoms with Gasteiger partial charge < -0.3 is 0 Å². The molecule has 3 aliphatic rings. The molecule has 0 N–H and O–H groups in total. The lowest BCUT2D eigenvalue weighted by Gasteiger charge is -2.46. The van der Waals surface area contributed by atoms with Crippen LogP contribution in [0.25, 0.3) is 0 Å². The predicted molar refractivity (Wildman–Crippen MR) is 78.2 cm³/mol. The largest absolute Gasteiger partial charge is 0.298 e. The predicted octanol–water partition coefficient (Wildman–Crippen LogP) is 3.93. The Bertz CT molecular complexity index is 309. The molecule has 0 aromatic heterocycles. The second-order valence-electron chi connectivity index (χ2n) is 7.18. The lowest BCUT2D eigenvalue weighted by Crippen LogP contribution is -2.48. The van der Waals surface area contributed by atoms with Gasteiger partial charge in [0.15, 0.2) is 0 Å². The Hall–Kier alpha value is -0.370. The fourth-order valence-corrected chi connectivity index (χ4v) is 4.64. The summed E-state index contributed by atoms with van der Waals surface area (Å²) in [5.41, 5.74) is 0.669. The number of hydrogen-bond donors (Lipinski definition) is 0. The van der Waals surface area contributed by atoms with Crippen LogP contribution in [-0.2, 0) is 4.79 Å². The Morgan fingerprint density at radius 3 is 2.26 bits per heavy atom. The molecule has 19 heavy (non-hydrogen) atoms. The lowest BCUT2D eigenvalue weighted by molar-refractivity contribution is -0.125. The quantitative estimate of drug-likeness (QED) is 0.668. The number of piperidine rings is 1. The summed E-state index contributed by atoms with van der Waals surface area (Å²) in [6.45, 7) is 2.38. The highest BCUT2D eigenvalue weighted by Crippen LogP contribution is 2.45. The van der Waals surface area contributed by atoms with E-state index in [0.29, 0.717) is 11.2 Å². The van der Waals surface area contributed by atoms with Crippen molar-refractivity contribution in [2.24, 2.45) is 5.41 Å². The van der Waals surface area contributed by atoms with Crippen LogP contribution in [0.1, 0.15) is 77.0 Å². The second kappa shape index (κ2) is 5.95. The van der Waals surface area contributed by atoms with Crippen molar-refractivity contribution in [3.8, 4) is 0 Å². The molecule has 0 aromatic carbocycles. The van der Waals surface area contributed by atoms with Crippen molar-refractivity contribution in [2.75, 3.05) is 13.1 Å². The smallest absolute Gasteiger partial charge is 0.149 e. The van der Waals surface area contributed by atoms with Gasteiger partial charge in [0.1, 0.15) is 5.78 Å². The fourth-order valence-electron chi connectivity index (χ4n) is 4.64. The van der Waals surface area contributed by atoms with Crippen molar-refractivity contribution in [1.29, 1.82) is 0 Å². The summed E-state index contributed by atoms with van der Waals surface area (Å²) in [6.07, 6.45) is 15.6. The van der Waals surface area contributed by atoms with E-state index in [1.807, 2.05) is 0 Å². The molecule has 1 unspecified atom stereocenters. The molecular formula is C17H29NO. The topological polar surface area (TPSA) is 20.3 Å². The van der Waals surface area contributed by atoms with Gasteiger partial charge in [-0.2, -0.15) is 0 Å². The van der Waals surface area contributed by atoms with Crippen LogP contribution < -0.4 is 0 Å². The van der Waals surface area contributed by atoms with E-state index in [1.165, 1.54) is 70.9 Å². The molecule has 108 valence electrons. The molecule has 3 rings (SSSR count). The molecule has 2 nitrogen and oxygen atoms in total. The van der Waals surface area contributed by atoms with Crippen LogP contribution in [0.15, 0.2) is 0 Å². The van der Waals surface area contributed by atoms with E-state index in [4.69, 9.17) is 0 Å². The summed E-state index contributed by atoms with van der Waals surface area (Å²) in [4.78, 5) is 14.8. The molecule has 1 atom stereocenters. The monoisotopic (exact) mass is 263 g/mol. The Labute approximate surface area is 117 Å². The number of Topliss-reactive ketones (excluding diaryl/α,β-unsaturated/α-hetero) is 1. The molecule has 3 fully saturated rings. The van der Waals surface area contributed by atoms with E-state index in [0.717, 1.165) is 19.3 Å². The minimum atomic E-state index is 0.281. The first kappa shape index (κ1) is 13.6. The van der Waals surface area contributed by atoms with Gasteiger partial charge in [-0.25, -0.2) is 0 Å². The zero-order valence-corrected chi connectivity index (χ0v) is 12.3. The third kappa shape index (κ3) is 3.04. The Morgan fingerprint density at radius 1 is 0.842 bits per heavy atom. The highest BCUT2D eigenvalue weighted by Gasteiger charge is 2.38. The summed E-state index contributed by atoms with van der Waals surface area (Å²) in [5.74, 6) is 0.539. The number of hydrogen-bond acceptors (Lipinski definition) is 2.